The molecule has 1 aliphatic carbocycles. The Morgan fingerprint density at radius 1 is 1.22 bits per heavy atom. The van der Waals surface area contributed by atoms with Crippen LogP contribution in [0, 0.1) is 0 Å². The summed E-state index contributed by atoms with van der Waals surface area (Å²) < 4.78 is 5.82. The van der Waals surface area contributed by atoms with Crippen molar-refractivity contribution in [2.24, 2.45) is 5.73 Å². The maximum absolute atomic E-state index is 11.6. The highest BCUT2D eigenvalue weighted by Gasteiger charge is 2.29. The van der Waals surface area contributed by atoms with Gasteiger partial charge in [-0.2, -0.15) is 0 Å². The van der Waals surface area contributed by atoms with Crippen LogP contribution in [0.4, 0.5) is 0 Å². The summed E-state index contributed by atoms with van der Waals surface area (Å²) in [7, 11) is 0. The van der Waals surface area contributed by atoms with E-state index in [2.05, 4.69) is 27.3 Å². The lowest BCUT2D eigenvalue weighted by Gasteiger charge is -2.27. The number of nitrogens with zero attached hydrogens (tertiary/aromatic N) is 2. The molecule has 7 nitrogen and oxygen atoms in total. The molecule has 1 fully saturated rings. The number of primary amides is 1. The Morgan fingerprint density at radius 2 is 2.11 bits per heavy atom. The number of hydrogen-bond acceptors (Lipinski definition) is 5. The number of carbonyl (C=O) groups excluding carboxylic acids is 2. The minimum atomic E-state index is -0.511. The molecule has 2 aromatic rings. The number of fused-ring (bicyclic) bond motifs is 1. The second-order valence-electron chi connectivity index (χ2n) is 6.90. The second kappa shape index (κ2) is 7.36. The predicted molar refractivity (Wildman–Crippen MR) is 99.5 cm³/mol. The normalized spacial score (nSPS) is 19.9. The minimum absolute atomic E-state index is 0.134. The van der Waals surface area contributed by atoms with Crippen molar-refractivity contribution < 1.29 is 14.3 Å². The number of rotatable bonds is 4. The molecule has 2 heterocycles. The molecule has 3 N–H and O–H groups in total. The lowest BCUT2D eigenvalue weighted by atomic mass is 10.1. The molecule has 0 spiro atoms. The van der Waals surface area contributed by atoms with Gasteiger partial charge < -0.3 is 15.8 Å². The Balaban J connectivity index is 1.48. The van der Waals surface area contributed by atoms with Crippen LogP contribution < -0.4 is 15.8 Å². The van der Waals surface area contributed by atoms with Crippen molar-refractivity contribution in [2.75, 3.05) is 19.6 Å². The first-order valence-electron chi connectivity index (χ1n) is 9.17. The summed E-state index contributed by atoms with van der Waals surface area (Å²) >= 11 is 0. The molecular weight excluding hydrogens is 344 g/mol. The van der Waals surface area contributed by atoms with E-state index in [1.165, 1.54) is 17.3 Å². The van der Waals surface area contributed by atoms with Gasteiger partial charge in [0.25, 0.3) is 0 Å². The van der Waals surface area contributed by atoms with Crippen LogP contribution in [-0.4, -0.2) is 41.3 Å². The summed E-state index contributed by atoms with van der Waals surface area (Å²) in [5.74, 6) is 0.769. The zero-order chi connectivity index (χ0) is 18.8. The zero-order valence-electron chi connectivity index (χ0n) is 15.0. The molecule has 2 amide bonds. The Labute approximate surface area is 157 Å². The molecule has 0 radical (unpaired) electrons. The highest BCUT2D eigenvalue weighted by molar-refractivity contribution is 5.92. The number of aromatic nitrogens is 1. The third kappa shape index (κ3) is 3.78. The summed E-state index contributed by atoms with van der Waals surface area (Å²) in [5.41, 5.74) is 8.16. The maximum Gasteiger partial charge on any atom is 0.250 e. The lowest BCUT2D eigenvalue weighted by Crippen LogP contribution is -2.31. The fourth-order valence-corrected chi connectivity index (χ4v) is 3.82. The molecule has 27 heavy (non-hydrogen) atoms. The number of nitrogens with one attached hydrogen (secondary N) is 1. The van der Waals surface area contributed by atoms with Crippen LogP contribution in [-0.2, 0) is 11.2 Å². The number of benzene rings is 1. The fourth-order valence-electron chi connectivity index (χ4n) is 3.82. The van der Waals surface area contributed by atoms with Gasteiger partial charge in [-0.15, -0.1) is 0 Å². The van der Waals surface area contributed by atoms with Crippen molar-refractivity contribution in [1.82, 2.24) is 15.2 Å². The average Bonchev–Trinajstić information content (AvgIpc) is 2.96. The van der Waals surface area contributed by atoms with Crippen molar-refractivity contribution in [3.05, 3.63) is 53.2 Å². The summed E-state index contributed by atoms with van der Waals surface area (Å²) in [6.07, 6.45) is 4.01. The Kier molecular flexibility index (Phi) is 4.77. The van der Waals surface area contributed by atoms with Crippen LogP contribution in [0.1, 0.15) is 40.4 Å². The smallest absolute Gasteiger partial charge is 0.250 e. The molecule has 7 heteroatoms. The van der Waals surface area contributed by atoms with E-state index < -0.39 is 5.91 Å². The first-order valence-corrected chi connectivity index (χ1v) is 9.17. The van der Waals surface area contributed by atoms with Gasteiger partial charge in [0.05, 0.1) is 5.56 Å². The van der Waals surface area contributed by atoms with Crippen LogP contribution >= 0.6 is 0 Å². The number of pyridine rings is 1. The third-order valence-corrected chi connectivity index (χ3v) is 5.19. The minimum Gasteiger partial charge on any atom is -0.439 e. The first kappa shape index (κ1) is 17.5. The van der Waals surface area contributed by atoms with Gasteiger partial charge in [-0.3, -0.25) is 14.5 Å². The standard InChI is InChI=1S/C20H22N4O3/c21-20(26)14-2-6-19(23-12-14)27-15-3-4-16-13(11-15)1-5-17(16)24-9-7-18(25)22-8-10-24/h2-4,6,11-12,17H,1,5,7-10H2,(H2,21,26)(H,22,25). The lowest BCUT2D eigenvalue weighted by molar-refractivity contribution is -0.120. The number of aryl methyl sites for hydroxylation is 1. The molecule has 140 valence electrons. The van der Waals surface area contributed by atoms with Gasteiger partial charge in [0.1, 0.15) is 5.75 Å². The molecule has 1 aromatic heterocycles. The molecule has 1 atom stereocenters. The van der Waals surface area contributed by atoms with Gasteiger partial charge in [-0.25, -0.2) is 4.98 Å². The zero-order valence-corrected chi connectivity index (χ0v) is 15.0. The predicted octanol–water partition coefficient (Wildman–Crippen LogP) is 1.78. The molecule has 4 rings (SSSR count). The molecular formula is C20H22N4O3. The topological polar surface area (TPSA) is 97.5 Å². The fraction of sp³-hybridized carbons (Fsp3) is 0.350. The number of hydrogen-bond donors (Lipinski definition) is 2. The molecule has 2 aliphatic rings. The maximum atomic E-state index is 11.6. The first-order chi connectivity index (χ1) is 13.1. The van der Waals surface area contributed by atoms with Crippen molar-refractivity contribution in [3.63, 3.8) is 0 Å². The van der Waals surface area contributed by atoms with Gasteiger partial charge in [0.2, 0.25) is 17.7 Å². The van der Waals surface area contributed by atoms with Gasteiger partial charge >= 0.3 is 0 Å². The number of carbonyl (C=O) groups is 2. The summed E-state index contributed by atoms with van der Waals surface area (Å²) in [4.78, 5) is 29.2. The third-order valence-electron chi connectivity index (χ3n) is 5.19. The average molecular weight is 366 g/mol. The molecule has 1 aromatic carbocycles. The highest BCUT2D eigenvalue weighted by atomic mass is 16.5. The second-order valence-corrected chi connectivity index (χ2v) is 6.90. The van der Waals surface area contributed by atoms with Crippen LogP contribution in [0.15, 0.2) is 36.5 Å². The van der Waals surface area contributed by atoms with Crippen molar-refractivity contribution >= 4 is 11.8 Å². The van der Waals surface area contributed by atoms with Crippen molar-refractivity contribution in [1.29, 1.82) is 0 Å². The van der Waals surface area contributed by atoms with Crippen LogP contribution in [0.25, 0.3) is 0 Å². The van der Waals surface area contributed by atoms with Crippen LogP contribution in [0.2, 0.25) is 0 Å². The van der Waals surface area contributed by atoms with Gasteiger partial charge in [0.15, 0.2) is 0 Å². The Hall–Kier alpha value is -2.93. The van der Waals surface area contributed by atoms with E-state index in [9.17, 15) is 9.59 Å². The Morgan fingerprint density at radius 3 is 2.89 bits per heavy atom. The molecule has 0 bridgehead atoms. The molecule has 1 unspecified atom stereocenters. The summed E-state index contributed by atoms with van der Waals surface area (Å²) in [6, 6.07) is 9.71. The highest BCUT2D eigenvalue weighted by Crippen LogP contribution is 2.38. The Bertz CT molecular complexity index is 866. The number of ether oxygens (including phenoxy) is 1. The summed E-state index contributed by atoms with van der Waals surface area (Å²) in [6.45, 7) is 2.38. The number of amides is 2. The summed E-state index contributed by atoms with van der Waals surface area (Å²) in [5, 5.41) is 2.93. The quantitative estimate of drug-likeness (QED) is 0.860. The van der Waals surface area contributed by atoms with E-state index in [0.717, 1.165) is 31.7 Å². The van der Waals surface area contributed by atoms with Crippen LogP contribution in [0.3, 0.4) is 0 Å². The molecule has 0 saturated carbocycles. The van der Waals surface area contributed by atoms with E-state index in [0.29, 0.717) is 30.5 Å². The van der Waals surface area contributed by atoms with E-state index in [1.54, 1.807) is 12.1 Å². The van der Waals surface area contributed by atoms with Crippen molar-refractivity contribution in [2.45, 2.75) is 25.3 Å². The van der Waals surface area contributed by atoms with E-state index in [4.69, 9.17) is 10.5 Å². The largest absolute Gasteiger partial charge is 0.439 e. The van der Waals surface area contributed by atoms with E-state index >= 15 is 0 Å². The van der Waals surface area contributed by atoms with Gasteiger partial charge in [-0.1, -0.05) is 6.07 Å². The molecule has 1 saturated heterocycles. The molecule has 1 aliphatic heterocycles. The van der Waals surface area contributed by atoms with Crippen LogP contribution in [0.5, 0.6) is 11.6 Å². The van der Waals surface area contributed by atoms with E-state index in [-0.39, 0.29) is 5.91 Å². The van der Waals surface area contributed by atoms with E-state index in [1.807, 2.05) is 6.07 Å². The number of nitrogens with two attached hydrogens (primary N) is 1. The van der Waals surface area contributed by atoms with Gasteiger partial charge in [-0.05, 0) is 42.2 Å². The van der Waals surface area contributed by atoms with Gasteiger partial charge in [0, 0.05) is 44.4 Å². The SMILES string of the molecule is NC(=O)c1ccc(Oc2ccc3c(c2)CCC3N2CCNC(=O)CC2)nc1. The van der Waals surface area contributed by atoms with Crippen molar-refractivity contribution in [3.8, 4) is 11.6 Å². The monoisotopic (exact) mass is 366 g/mol.